The van der Waals surface area contributed by atoms with E-state index in [0.29, 0.717) is 29.8 Å². The molecule has 8 heteroatoms. The smallest absolute Gasteiger partial charge is 0.408 e. The molecule has 1 fully saturated rings. The summed E-state index contributed by atoms with van der Waals surface area (Å²) in [5.74, 6) is 2.76. The summed E-state index contributed by atoms with van der Waals surface area (Å²) >= 11 is 1.59. The number of nitrogens with zero attached hydrogens (tertiary/aromatic N) is 1. The second kappa shape index (κ2) is 13.4. The standard InChI is InChI=1S/C27H39N3O4S/c1-7-9-17-28-24(31)23(20-12-10-19(8-2)11-13-20)30(21-14-15-21)25(32)22(16-18-35-6)29-26(33)34-27(3,4)5/h2,10-13,21-23H,7,9,14-18H2,1,3-6H3,(H,28,31)(H,29,33). The van der Waals surface area contributed by atoms with Crippen molar-refractivity contribution in [3.8, 4) is 12.3 Å². The molecule has 0 spiro atoms. The van der Waals surface area contributed by atoms with E-state index in [1.165, 1.54) is 0 Å². The maximum absolute atomic E-state index is 13.9. The van der Waals surface area contributed by atoms with Gasteiger partial charge in [0.1, 0.15) is 17.7 Å². The molecule has 0 heterocycles. The van der Waals surface area contributed by atoms with Gasteiger partial charge in [-0.2, -0.15) is 11.8 Å². The molecule has 1 aromatic carbocycles. The van der Waals surface area contributed by atoms with Crippen LogP contribution >= 0.6 is 11.8 Å². The summed E-state index contributed by atoms with van der Waals surface area (Å²) in [5, 5.41) is 5.76. The average molecular weight is 502 g/mol. The zero-order valence-electron chi connectivity index (χ0n) is 21.6. The molecular formula is C27H39N3O4S. The van der Waals surface area contributed by atoms with Crippen LogP contribution in [0.25, 0.3) is 0 Å². The van der Waals surface area contributed by atoms with E-state index in [2.05, 4.69) is 23.5 Å². The normalized spacial score (nSPS) is 14.9. The van der Waals surface area contributed by atoms with Crippen LogP contribution in [0.3, 0.4) is 0 Å². The van der Waals surface area contributed by atoms with Crippen molar-refractivity contribution >= 4 is 29.7 Å². The van der Waals surface area contributed by atoms with Gasteiger partial charge in [-0.15, -0.1) is 6.42 Å². The molecule has 1 aromatic rings. The minimum Gasteiger partial charge on any atom is -0.444 e. The molecule has 1 aliphatic carbocycles. The van der Waals surface area contributed by atoms with Crippen molar-refractivity contribution in [1.82, 2.24) is 15.5 Å². The van der Waals surface area contributed by atoms with Gasteiger partial charge in [0.2, 0.25) is 11.8 Å². The number of terminal acetylenes is 1. The van der Waals surface area contributed by atoms with Gasteiger partial charge in [-0.25, -0.2) is 4.79 Å². The zero-order chi connectivity index (χ0) is 26.0. The van der Waals surface area contributed by atoms with Gasteiger partial charge in [-0.1, -0.05) is 31.4 Å². The SMILES string of the molecule is C#Cc1ccc(C(C(=O)NCCCC)N(C(=O)C(CCSC)NC(=O)OC(C)(C)C)C2CC2)cc1. The fourth-order valence-corrected chi connectivity index (χ4v) is 4.15. The van der Waals surface area contributed by atoms with E-state index in [4.69, 9.17) is 11.2 Å². The first-order chi connectivity index (χ1) is 16.6. The largest absolute Gasteiger partial charge is 0.444 e. The predicted molar refractivity (Wildman–Crippen MR) is 141 cm³/mol. The topological polar surface area (TPSA) is 87.7 Å². The van der Waals surface area contributed by atoms with E-state index in [-0.39, 0.29) is 17.9 Å². The van der Waals surface area contributed by atoms with Crippen molar-refractivity contribution in [3.05, 3.63) is 35.4 Å². The summed E-state index contributed by atoms with van der Waals surface area (Å²) in [6.45, 7) is 7.92. The lowest BCUT2D eigenvalue weighted by Gasteiger charge is -2.34. The van der Waals surface area contributed by atoms with Crippen molar-refractivity contribution in [3.63, 3.8) is 0 Å². The number of rotatable bonds is 12. The van der Waals surface area contributed by atoms with E-state index < -0.39 is 23.8 Å². The molecule has 192 valence electrons. The molecular weight excluding hydrogens is 462 g/mol. The van der Waals surface area contributed by atoms with Crippen molar-refractivity contribution in [2.75, 3.05) is 18.6 Å². The number of carbonyl (C=O) groups is 3. The second-order valence-corrected chi connectivity index (χ2v) is 10.8. The van der Waals surface area contributed by atoms with Gasteiger partial charge in [0.25, 0.3) is 0 Å². The lowest BCUT2D eigenvalue weighted by atomic mass is 10.0. The summed E-state index contributed by atoms with van der Waals surface area (Å²) in [7, 11) is 0. The van der Waals surface area contributed by atoms with Crippen LogP contribution in [-0.4, -0.2) is 59.0 Å². The molecule has 2 unspecified atom stereocenters. The van der Waals surface area contributed by atoms with Gasteiger partial charge >= 0.3 is 6.09 Å². The molecule has 0 saturated heterocycles. The molecule has 0 radical (unpaired) electrons. The minimum absolute atomic E-state index is 0.0612. The highest BCUT2D eigenvalue weighted by molar-refractivity contribution is 7.98. The summed E-state index contributed by atoms with van der Waals surface area (Å²) in [5.41, 5.74) is 0.708. The Balaban J connectivity index is 2.39. The molecule has 7 nitrogen and oxygen atoms in total. The Hall–Kier alpha value is -2.66. The van der Waals surface area contributed by atoms with E-state index in [9.17, 15) is 14.4 Å². The third-order valence-electron chi connectivity index (χ3n) is 5.54. The minimum atomic E-state index is -0.809. The quantitative estimate of drug-likeness (QED) is 0.330. The average Bonchev–Trinajstić information content (AvgIpc) is 3.64. The molecule has 1 aliphatic rings. The summed E-state index contributed by atoms with van der Waals surface area (Å²) < 4.78 is 5.41. The van der Waals surface area contributed by atoms with Gasteiger partial charge in [0, 0.05) is 18.2 Å². The molecule has 2 N–H and O–H groups in total. The Morgan fingerprint density at radius 3 is 2.40 bits per heavy atom. The van der Waals surface area contributed by atoms with Gasteiger partial charge in [-0.05, 0) is 76.2 Å². The molecule has 3 amide bonds. The highest BCUT2D eigenvalue weighted by atomic mass is 32.2. The molecule has 0 bridgehead atoms. The van der Waals surface area contributed by atoms with Crippen LogP contribution in [0.15, 0.2) is 24.3 Å². The number of nitrogens with one attached hydrogen (secondary N) is 2. The number of benzene rings is 1. The molecule has 2 atom stereocenters. The molecule has 2 rings (SSSR count). The fraction of sp³-hybridized carbons (Fsp3) is 0.593. The number of thioether (sulfide) groups is 1. The lowest BCUT2D eigenvalue weighted by Crippen LogP contribution is -2.54. The number of ether oxygens (including phenoxy) is 1. The van der Waals surface area contributed by atoms with Gasteiger partial charge in [0.15, 0.2) is 0 Å². The number of hydrogen-bond acceptors (Lipinski definition) is 5. The van der Waals surface area contributed by atoms with Crippen LogP contribution in [0, 0.1) is 12.3 Å². The monoisotopic (exact) mass is 501 g/mol. The summed E-state index contributed by atoms with van der Waals surface area (Å²) in [6.07, 6.45) is 10.7. The highest BCUT2D eigenvalue weighted by Gasteiger charge is 2.43. The predicted octanol–water partition coefficient (Wildman–Crippen LogP) is 4.26. The van der Waals surface area contributed by atoms with Crippen molar-refractivity contribution in [2.45, 2.75) is 83.5 Å². The second-order valence-electron chi connectivity index (χ2n) is 9.77. The zero-order valence-corrected chi connectivity index (χ0v) is 22.4. The van der Waals surface area contributed by atoms with Gasteiger partial charge in [-0.3, -0.25) is 9.59 Å². The fourth-order valence-electron chi connectivity index (χ4n) is 3.68. The summed E-state index contributed by atoms with van der Waals surface area (Å²) in [4.78, 5) is 41.6. The van der Waals surface area contributed by atoms with Gasteiger partial charge < -0.3 is 20.3 Å². The third-order valence-corrected chi connectivity index (χ3v) is 6.19. The van der Waals surface area contributed by atoms with Crippen molar-refractivity contribution < 1.29 is 19.1 Å². The number of carbonyl (C=O) groups excluding carboxylic acids is 3. The van der Waals surface area contributed by atoms with Crippen molar-refractivity contribution in [1.29, 1.82) is 0 Å². The number of alkyl carbamates (subject to hydrolysis) is 1. The maximum Gasteiger partial charge on any atom is 0.408 e. The van der Waals surface area contributed by atoms with E-state index in [1.54, 1.807) is 61.7 Å². The Labute approximate surface area is 214 Å². The molecule has 1 saturated carbocycles. The van der Waals surface area contributed by atoms with Crippen molar-refractivity contribution in [2.24, 2.45) is 0 Å². The Kier molecular flexibility index (Phi) is 11.0. The van der Waals surface area contributed by atoms with Crippen LogP contribution in [-0.2, 0) is 14.3 Å². The van der Waals surface area contributed by atoms with Crippen LogP contribution in [0.4, 0.5) is 4.79 Å². The first kappa shape index (κ1) is 28.6. The highest BCUT2D eigenvalue weighted by Crippen LogP contribution is 2.36. The van der Waals surface area contributed by atoms with E-state index in [0.717, 1.165) is 25.7 Å². The number of amides is 3. The summed E-state index contributed by atoms with van der Waals surface area (Å²) in [6, 6.07) is 5.50. The first-order valence-corrected chi connectivity index (χ1v) is 13.7. The van der Waals surface area contributed by atoms with Crippen LogP contribution in [0.1, 0.15) is 77.0 Å². The Morgan fingerprint density at radius 2 is 1.89 bits per heavy atom. The Bertz CT molecular complexity index is 900. The van der Waals surface area contributed by atoms with Crippen LogP contribution in [0.5, 0.6) is 0 Å². The molecule has 0 aromatic heterocycles. The third kappa shape index (κ3) is 9.14. The lowest BCUT2D eigenvalue weighted by molar-refractivity contribution is -0.143. The van der Waals surface area contributed by atoms with Crippen LogP contribution < -0.4 is 10.6 Å². The van der Waals surface area contributed by atoms with Crippen LogP contribution in [0.2, 0.25) is 0 Å². The number of hydrogen-bond donors (Lipinski definition) is 2. The number of unbranched alkanes of at least 4 members (excludes halogenated alkanes) is 1. The van der Waals surface area contributed by atoms with E-state index in [1.807, 2.05) is 6.26 Å². The van der Waals surface area contributed by atoms with E-state index >= 15 is 0 Å². The molecule has 0 aliphatic heterocycles. The van der Waals surface area contributed by atoms with Gasteiger partial charge in [0.05, 0.1) is 0 Å². The Morgan fingerprint density at radius 1 is 1.23 bits per heavy atom. The maximum atomic E-state index is 13.9. The first-order valence-electron chi connectivity index (χ1n) is 12.3. The molecule has 35 heavy (non-hydrogen) atoms.